The summed E-state index contributed by atoms with van der Waals surface area (Å²) in [7, 11) is 0. The van der Waals surface area contributed by atoms with E-state index >= 15 is 0 Å². The summed E-state index contributed by atoms with van der Waals surface area (Å²) in [5.41, 5.74) is 0. The topological polar surface area (TPSA) is 45.2 Å². The van der Waals surface area contributed by atoms with Crippen LogP contribution in [0, 0.1) is 0 Å². The molecule has 2 saturated heterocycles. The molecule has 0 aliphatic carbocycles. The second-order valence-corrected chi connectivity index (χ2v) is 5.80. The Labute approximate surface area is 122 Å². The fourth-order valence-corrected chi connectivity index (χ4v) is 2.98. The summed E-state index contributed by atoms with van der Waals surface area (Å²) in [4.78, 5) is 4.88. The van der Waals surface area contributed by atoms with Gasteiger partial charge in [0.2, 0.25) is 0 Å². The maximum Gasteiger partial charge on any atom is 0.180 e. The molecule has 1 N–H and O–H groups in total. The molecule has 0 aromatic rings. The summed E-state index contributed by atoms with van der Waals surface area (Å²) in [6, 6.07) is 0. The summed E-state index contributed by atoms with van der Waals surface area (Å²) in [6.07, 6.45) is 5.84. The van der Waals surface area contributed by atoms with Crippen molar-refractivity contribution in [2.45, 2.75) is 38.4 Å². The van der Waals surface area contributed by atoms with Crippen molar-refractivity contribution in [3.63, 3.8) is 0 Å². The number of likely N-dealkylation sites (tertiary alicyclic amines) is 2. The van der Waals surface area contributed by atoms with E-state index < -0.39 is 6.29 Å². The van der Waals surface area contributed by atoms with E-state index in [1.807, 2.05) is 0 Å². The third kappa shape index (κ3) is 6.06. The normalized spacial score (nSPS) is 22.6. The van der Waals surface area contributed by atoms with Gasteiger partial charge in [0.15, 0.2) is 6.29 Å². The number of hydrogen-bond acceptors (Lipinski definition) is 5. The lowest BCUT2D eigenvalue weighted by Gasteiger charge is -2.20. The minimum absolute atomic E-state index is 0.0519. The maximum atomic E-state index is 9.25. The molecule has 1 atom stereocenters. The lowest BCUT2D eigenvalue weighted by molar-refractivity contribution is -0.165. The first-order chi connectivity index (χ1) is 9.88. The number of aliphatic hydroxyl groups is 1. The van der Waals surface area contributed by atoms with E-state index in [1.165, 1.54) is 51.9 Å². The minimum Gasteiger partial charge on any atom is -0.391 e. The maximum absolute atomic E-state index is 9.25. The van der Waals surface area contributed by atoms with Crippen molar-refractivity contribution in [3.05, 3.63) is 0 Å². The Balaban J connectivity index is 1.46. The molecule has 0 radical (unpaired) electrons. The highest BCUT2D eigenvalue weighted by molar-refractivity contribution is 4.66. The number of aliphatic hydroxyl groups excluding tert-OH is 1. The lowest BCUT2D eigenvalue weighted by Crippen LogP contribution is -2.30. The van der Waals surface area contributed by atoms with Gasteiger partial charge < -0.3 is 24.4 Å². The van der Waals surface area contributed by atoms with Crippen LogP contribution in [0.15, 0.2) is 0 Å². The van der Waals surface area contributed by atoms with Crippen LogP contribution in [0.5, 0.6) is 0 Å². The first kappa shape index (κ1) is 16.2. The Kier molecular flexibility index (Phi) is 7.83. The van der Waals surface area contributed by atoms with Gasteiger partial charge in [-0.25, -0.2) is 0 Å². The Hall–Kier alpha value is -0.200. The zero-order valence-electron chi connectivity index (χ0n) is 12.6. The van der Waals surface area contributed by atoms with Crippen molar-refractivity contribution in [3.8, 4) is 0 Å². The van der Waals surface area contributed by atoms with E-state index in [2.05, 4.69) is 9.80 Å². The van der Waals surface area contributed by atoms with Gasteiger partial charge in [0.1, 0.15) is 0 Å². The predicted molar refractivity (Wildman–Crippen MR) is 78.7 cm³/mol. The number of nitrogens with zero attached hydrogens (tertiary/aromatic N) is 2. The van der Waals surface area contributed by atoms with Gasteiger partial charge in [-0.15, -0.1) is 0 Å². The second-order valence-electron chi connectivity index (χ2n) is 5.80. The molecule has 0 aromatic carbocycles. The Morgan fingerprint density at radius 2 is 1.35 bits per heavy atom. The molecule has 5 heteroatoms. The summed E-state index contributed by atoms with van der Waals surface area (Å²) in [5, 5.41) is 9.25. The van der Waals surface area contributed by atoms with Crippen molar-refractivity contribution in [2.24, 2.45) is 0 Å². The Bertz CT molecular complexity index is 241. The number of rotatable bonds is 10. The van der Waals surface area contributed by atoms with Crippen molar-refractivity contribution in [1.82, 2.24) is 9.80 Å². The average Bonchev–Trinajstić information content (AvgIpc) is 3.14. The molecule has 0 aromatic heterocycles. The summed E-state index contributed by atoms with van der Waals surface area (Å²) >= 11 is 0. The SMILES string of the molecule is OCC(OCCCN1CCCC1)OCCN1CCCC1. The Morgan fingerprint density at radius 3 is 1.95 bits per heavy atom. The molecule has 2 rings (SSSR count). The molecule has 118 valence electrons. The van der Waals surface area contributed by atoms with Crippen LogP contribution in [0.1, 0.15) is 32.1 Å². The average molecular weight is 286 g/mol. The Morgan fingerprint density at radius 1 is 0.800 bits per heavy atom. The van der Waals surface area contributed by atoms with Crippen molar-refractivity contribution >= 4 is 0 Å². The van der Waals surface area contributed by atoms with E-state index in [-0.39, 0.29) is 6.61 Å². The molecule has 0 saturated carbocycles. The third-order valence-electron chi connectivity index (χ3n) is 4.18. The molecule has 0 spiro atoms. The van der Waals surface area contributed by atoms with Crippen molar-refractivity contribution in [1.29, 1.82) is 0 Å². The number of hydrogen-bond donors (Lipinski definition) is 1. The highest BCUT2D eigenvalue weighted by atomic mass is 16.7. The molecule has 1 unspecified atom stereocenters. The van der Waals surface area contributed by atoms with Gasteiger partial charge in [0, 0.05) is 13.1 Å². The fourth-order valence-electron chi connectivity index (χ4n) is 2.98. The summed E-state index contributed by atoms with van der Waals surface area (Å²) in [5.74, 6) is 0. The van der Waals surface area contributed by atoms with Crippen molar-refractivity contribution < 1.29 is 14.6 Å². The molecule has 0 amide bonds. The first-order valence-corrected chi connectivity index (χ1v) is 8.17. The van der Waals surface area contributed by atoms with Gasteiger partial charge in [-0.05, 0) is 58.3 Å². The van der Waals surface area contributed by atoms with Crippen LogP contribution in [0.25, 0.3) is 0 Å². The van der Waals surface area contributed by atoms with Gasteiger partial charge in [0.05, 0.1) is 19.8 Å². The summed E-state index contributed by atoms with van der Waals surface area (Å²) in [6.45, 7) is 8.16. The molecule has 0 bridgehead atoms. The molecule has 2 aliphatic heterocycles. The highest BCUT2D eigenvalue weighted by Gasteiger charge is 2.14. The predicted octanol–water partition coefficient (Wildman–Crippen LogP) is 0.920. The van der Waals surface area contributed by atoms with E-state index in [0.29, 0.717) is 13.2 Å². The highest BCUT2D eigenvalue weighted by Crippen LogP contribution is 2.08. The van der Waals surface area contributed by atoms with Gasteiger partial charge in [-0.3, -0.25) is 0 Å². The fraction of sp³-hybridized carbons (Fsp3) is 1.00. The monoisotopic (exact) mass is 286 g/mol. The molecular formula is C15H30N2O3. The molecule has 2 fully saturated rings. The zero-order chi connectivity index (χ0) is 14.0. The number of ether oxygens (including phenoxy) is 2. The third-order valence-corrected chi connectivity index (χ3v) is 4.18. The van der Waals surface area contributed by atoms with Gasteiger partial charge >= 0.3 is 0 Å². The zero-order valence-corrected chi connectivity index (χ0v) is 12.6. The second kappa shape index (κ2) is 9.68. The van der Waals surface area contributed by atoms with Gasteiger partial charge in [-0.1, -0.05) is 0 Å². The molecule has 2 heterocycles. The molecule has 2 aliphatic rings. The van der Waals surface area contributed by atoms with E-state index in [4.69, 9.17) is 9.47 Å². The van der Waals surface area contributed by atoms with Crippen LogP contribution in [0.3, 0.4) is 0 Å². The van der Waals surface area contributed by atoms with Gasteiger partial charge in [0.25, 0.3) is 0 Å². The summed E-state index contributed by atoms with van der Waals surface area (Å²) < 4.78 is 11.2. The van der Waals surface area contributed by atoms with Crippen LogP contribution in [0.2, 0.25) is 0 Å². The van der Waals surface area contributed by atoms with Crippen LogP contribution < -0.4 is 0 Å². The quantitative estimate of drug-likeness (QED) is 0.478. The smallest absolute Gasteiger partial charge is 0.180 e. The first-order valence-electron chi connectivity index (χ1n) is 8.17. The largest absolute Gasteiger partial charge is 0.391 e. The van der Waals surface area contributed by atoms with E-state index in [0.717, 1.165) is 19.5 Å². The van der Waals surface area contributed by atoms with Gasteiger partial charge in [-0.2, -0.15) is 0 Å². The van der Waals surface area contributed by atoms with E-state index in [9.17, 15) is 5.11 Å². The molecule has 5 nitrogen and oxygen atoms in total. The van der Waals surface area contributed by atoms with Crippen LogP contribution in [-0.4, -0.2) is 80.3 Å². The van der Waals surface area contributed by atoms with Crippen LogP contribution in [-0.2, 0) is 9.47 Å². The van der Waals surface area contributed by atoms with Crippen LogP contribution >= 0.6 is 0 Å². The lowest BCUT2D eigenvalue weighted by atomic mass is 10.4. The molecular weight excluding hydrogens is 256 g/mol. The van der Waals surface area contributed by atoms with E-state index in [1.54, 1.807) is 0 Å². The standard InChI is InChI=1S/C15H30N2O3/c18-14-15(20-13-11-17-8-3-4-9-17)19-12-5-10-16-6-1-2-7-16/h15,18H,1-14H2. The molecule has 20 heavy (non-hydrogen) atoms. The minimum atomic E-state index is -0.448. The van der Waals surface area contributed by atoms with Crippen molar-refractivity contribution in [2.75, 3.05) is 59.1 Å². The van der Waals surface area contributed by atoms with Crippen LogP contribution in [0.4, 0.5) is 0 Å².